The topological polar surface area (TPSA) is 108 Å². The van der Waals surface area contributed by atoms with Gasteiger partial charge in [0.25, 0.3) is 0 Å². The van der Waals surface area contributed by atoms with Gasteiger partial charge in [-0.25, -0.2) is 0 Å². The molecule has 1 heterocycles. The monoisotopic (exact) mass is 276 g/mol. The van der Waals surface area contributed by atoms with E-state index in [9.17, 15) is 19.5 Å². The van der Waals surface area contributed by atoms with Gasteiger partial charge in [-0.2, -0.15) is 0 Å². The molecule has 19 heavy (non-hydrogen) atoms. The van der Waals surface area contributed by atoms with Crippen LogP contribution in [0, 0.1) is 0 Å². The largest absolute Gasteiger partial charge is 0.463 e. The van der Waals surface area contributed by atoms with Crippen molar-refractivity contribution in [2.24, 2.45) is 0 Å². The molecule has 0 aromatic rings. The molecule has 0 aromatic heterocycles. The molecule has 1 saturated heterocycles. The van der Waals surface area contributed by atoms with E-state index in [0.717, 1.165) is 13.8 Å². The summed E-state index contributed by atoms with van der Waals surface area (Å²) in [5, 5.41) is 9.91. The molecule has 0 aromatic carbocycles. The Morgan fingerprint density at radius 3 is 2.11 bits per heavy atom. The lowest BCUT2D eigenvalue weighted by molar-refractivity contribution is -0.197. The first-order valence-electron chi connectivity index (χ1n) is 5.62. The lowest BCUT2D eigenvalue weighted by atomic mass is 10.1. The molecule has 1 N–H and O–H groups in total. The maximum atomic E-state index is 10.9. The highest BCUT2D eigenvalue weighted by molar-refractivity contribution is 5.67. The summed E-state index contributed by atoms with van der Waals surface area (Å²) in [5.41, 5.74) is 0. The van der Waals surface area contributed by atoms with Crippen LogP contribution in [0.15, 0.2) is 0 Å². The van der Waals surface area contributed by atoms with Crippen LogP contribution in [0.1, 0.15) is 20.8 Å². The summed E-state index contributed by atoms with van der Waals surface area (Å²) in [6.07, 6.45) is -4.57. The molecule has 0 aliphatic carbocycles. The zero-order valence-electron chi connectivity index (χ0n) is 10.8. The van der Waals surface area contributed by atoms with E-state index in [1.807, 2.05) is 0 Å². The van der Waals surface area contributed by atoms with Crippen molar-refractivity contribution in [1.29, 1.82) is 0 Å². The normalized spacial score (nSPS) is 29.7. The van der Waals surface area contributed by atoms with Crippen molar-refractivity contribution in [3.8, 4) is 0 Å². The van der Waals surface area contributed by atoms with Gasteiger partial charge in [-0.1, -0.05) is 0 Å². The second kappa shape index (κ2) is 6.48. The average molecular weight is 276 g/mol. The average Bonchev–Trinajstić information content (AvgIpc) is 2.53. The summed E-state index contributed by atoms with van der Waals surface area (Å²) in [7, 11) is 0. The number of carbonyl (C=O) groups is 3. The minimum atomic E-state index is -1.26. The predicted molar refractivity (Wildman–Crippen MR) is 58.6 cm³/mol. The van der Waals surface area contributed by atoms with Crippen LogP contribution >= 0.6 is 0 Å². The summed E-state index contributed by atoms with van der Waals surface area (Å²) in [6.45, 7) is 3.28. The third-order valence-electron chi connectivity index (χ3n) is 2.33. The molecule has 0 amide bonds. The minimum absolute atomic E-state index is 0.230. The lowest BCUT2D eigenvalue weighted by Crippen LogP contribution is -2.39. The Balaban J connectivity index is 2.70. The summed E-state index contributed by atoms with van der Waals surface area (Å²) >= 11 is 0. The van der Waals surface area contributed by atoms with Crippen LogP contribution in [0.5, 0.6) is 0 Å². The van der Waals surface area contributed by atoms with Crippen molar-refractivity contribution in [2.75, 3.05) is 6.61 Å². The standard InChI is InChI=1S/C11H16O8/c1-5(12)16-4-8-9(15)10(17-6(2)13)11(19-8)18-7(3)14/h8-11,15H,4H2,1-3H3/t8-,9-,10-,11?/m1/s1. The van der Waals surface area contributed by atoms with Crippen LogP contribution in [-0.2, 0) is 33.3 Å². The van der Waals surface area contributed by atoms with Crippen LogP contribution in [-0.4, -0.2) is 54.2 Å². The van der Waals surface area contributed by atoms with E-state index in [1.54, 1.807) is 0 Å². The Kier molecular flexibility index (Phi) is 5.25. The van der Waals surface area contributed by atoms with Crippen LogP contribution in [0.25, 0.3) is 0 Å². The summed E-state index contributed by atoms with van der Waals surface area (Å²) in [4.78, 5) is 32.5. The van der Waals surface area contributed by atoms with Crippen LogP contribution < -0.4 is 0 Å². The minimum Gasteiger partial charge on any atom is -0.463 e. The highest BCUT2D eigenvalue weighted by Crippen LogP contribution is 2.25. The van der Waals surface area contributed by atoms with Gasteiger partial charge in [0.1, 0.15) is 18.8 Å². The first-order valence-corrected chi connectivity index (χ1v) is 5.62. The van der Waals surface area contributed by atoms with Crippen molar-refractivity contribution in [3.63, 3.8) is 0 Å². The number of aliphatic hydroxyl groups is 1. The van der Waals surface area contributed by atoms with Crippen molar-refractivity contribution in [2.45, 2.75) is 45.4 Å². The van der Waals surface area contributed by atoms with Gasteiger partial charge in [0.2, 0.25) is 6.29 Å². The first kappa shape index (κ1) is 15.4. The Morgan fingerprint density at radius 1 is 1.05 bits per heavy atom. The smallest absolute Gasteiger partial charge is 0.305 e. The van der Waals surface area contributed by atoms with E-state index in [-0.39, 0.29) is 6.61 Å². The van der Waals surface area contributed by atoms with Crippen LogP contribution in [0.4, 0.5) is 0 Å². The van der Waals surface area contributed by atoms with Gasteiger partial charge in [0.15, 0.2) is 6.10 Å². The molecule has 1 unspecified atom stereocenters. The highest BCUT2D eigenvalue weighted by atomic mass is 16.7. The molecule has 4 atom stereocenters. The van der Waals surface area contributed by atoms with Gasteiger partial charge >= 0.3 is 17.9 Å². The number of hydrogen-bond donors (Lipinski definition) is 1. The molecular weight excluding hydrogens is 260 g/mol. The molecule has 0 radical (unpaired) electrons. The second-order valence-electron chi connectivity index (χ2n) is 4.02. The first-order chi connectivity index (χ1) is 8.81. The van der Waals surface area contributed by atoms with Gasteiger partial charge in [-0.05, 0) is 0 Å². The van der Waals surface area contributed by atoms with Crippen molar-refractivity contribution in [3.05, 3.63) is 0 Å². The molecule has 0 spiro atoms. The Labute approximate surface area is 109 Å². The molecular formula is C11H16O8. The summed E-state index contributed by atoms with van der Waals surface area (Å²) in [5.74, 6) is -1.85. The van der Waals surface area contributed by atoms with E-state index in [2.05, 4.69) is 0 Å². The molecule has 1 fully saturated rings. The Hall–Kier alpha value is -1.67. The fraction of sp³-hybridized carbons (Fsp3) is 0.727. The number of carbonyl (C=O) groups excluding carboxylic acids is 3. The lowest BCUT2D eigenvalue weighted by Gasteiger charge is -2.19. The molecule has 1 rings (SSSR count). The fourth-order valence-corrected chi connectivity index (χ4v) is 1.62. The summed E-state index contributed by atoms with van der Waals surface area (Å²) < 4.78 is 19.5. The number of hydrogen-bond acceptors (Lipinski definition) is 8. The molecule has 0 bridgehead atoms. The molecule has 108 valence electrons. The number of aliphatic hydroxyl groups excluding tert-OH is 1. The second-order valence-corrected chi connectivity index (χ2v) is 4.02. The molecule has 1 aliphatic heterocycles. The Bertz CT molecular complexity index is 366. The quantitative estimate of drug-likeness (QED) is 0.521. The highest BCUT2D eigenvalue weighted by Gasteiger charge is 2.48. The molecule has 8 heteroatoms. The maximum Gasteiger partial charge on any atom is 0.305 e. The maximum absolute atomic E-state index is 10.9. The van der Waals surface area contributed by atoms with E-state index in [0.29, 0.717) is 0 Å². The van der Waals surface area contributed by atoms with Crippen LogP contribution in [0.3, 0.4) is 0 Å². The zero-order chi connectivity index (χ0) is 14.6. The third kappa shape index (κ3) is 4.49. The number of esters is 3. The number of ether oxygens (including phenoxy) is 4. The van der Waals surface area contributed by atoms with E-state index in [4.69, 9.17) is 18.9 Å². The van der Waals surface area contributed by atoms with Crippen LogP contribution in [0.2, 0.25) is 0 Å². The van der Waals surface area contributed by atoms with Gasteiger partial charge in [-0.15, -0.1) is 0 Å². The third-order valence-corrected chi connectivity index (χ3v) is 2.33. The Morgan fingerprint density at radius 2 is 1.63 bits per heavy atom. The van der Waals surface area contributed by atoms with E-state index >= 15 is 0 Å². The van der Waals surface area contributed by atoms with E-state index in [1.165, 1.54) is 6.92 Å². The van der Waals surface area contributed by atoms with Crippen molar-refractivity contribution in [1.82, 2.24) is 0 Å². The molecule has 8 nitrogen and oxygen atoms in total. The van der Waals surface area contributed by atoms with Crippen molar-refractivity contribution < 1.29 is 38.4 Å². The van der Waals surface area contributed by atoms with Gasteiger partial charge in [0, 0.05) is 20.8 Å². The zero-order valence-corrected chi connectivity index (χ0v) is 10.8. The molecule has 0 saturated carbocycles. The predicted octanol–water partition coefficient (Wildman–Crippen LogP) is -0.870. The SMILES string of the molecule is CC(=O)OC[C@H]1OC(OC(C)=O)[C@H](OC(C)=O)[C@@H]1O. The summed E-state index contributed by atoms with van der Waals surface area (Å²) in [6, 6.07) is 0. The van der Waals surface area contributed by atoms with Gasteiger partial charge in [0.05, 0.1) is 0 Å². The number of rotatable bonds is 4. The van der Waals surface area contributed by atoms with Crippen molar-refractivity contribution >= 4 is 17.9 Å². The van der Waals surface area contributed by atoms with Gasteiger partial charge in [-0.3, -0.25) is 14.4 Å². The van der Waals surface area contributed by atoms with E-state index < -0.39 is 42.5 Å². The van der Waals surface area contributed by atoms with Gasteiger partial charge < -0.3 is 24.1 Å². The molecule has 1 aliphatic rings. The fourth-order valence-electron chi connectivity index (χ4n) is 1.62.